The van der Waals surface area contributed by atoms with Gasteiger partial charge in [0, 0.05) is 5.02 Å². The number of anilines is 1. The lowest BCUT2D eigenvalue weighted by atomic mass is 9.99. The Balaban J connectivity index is 1.19. The fourth-order valence-corrected chi connectivity index (χ4v) is 8.08. The molecule has 15 nitrogen and oxygen atoms in total. The van der Waals surface area contributed by atoms with E-state index in [-0.39, 0.29) is 17.0 Å². The molecular weight excluding hydrogens is 671 g/mol. The summed E-state index contributed by atoms with van der Waals surface area (Å²) in [5, 5.41) is 0.458. The Bertz CT molecular complexity index is 1940. The zero-order chi connectivity index (χ0) is 32.8. The summed E-state index contributed by atoms with van der Waals surface area (Å²) in [5.41, 5.74) is 5.95. The number of halogens is 3. The first-order chi connectivity index (χ1) is 21.7. The average Bonchev–Trinajstić information content (AvgIpc) is 3.73. The second-order valence-electron chi connectivity index (χ2n) is 11.3. The molecular formula is C24H24B2ClF2N7O8P2. The normalized spacial score (nSPS) is 38.8. The molecule has 1 aromatic carbocycles. The van der Waals surface area contributed by atoms with Gasteiger partial charge in [-0.1, -0.05) is 11.6 Å². The van der Waals surface area contributed by atoms with Gasteiger partial charge in [0.2, 0.25) is 15.1 Å². The second-order valence-corrected chi connectivity index (χ2v) is 14.8. The van der Waals surface area contributed by atoms with Crippen molar-refractivity contribution < 1.29 is 45.5 Å². The number of fused-ring (bicyclic) bond motifs is 4. The average molecular weight is 696 g/mol. The van der Waals surface area contributed by atoms with E-state index in [4.69, 9.17) is 60.0 Å². The van der Waals surface area contributed by atoms with Crippen LogP contribution in [0.15, 0.2) is 31.1 Å². The van der Waals surface area contributed by atoms with Crippen molar-refractivity contribution in [3.63, 3.8) is 0 Å². The molecule has 4 unspecified atom stereocenters. The van der Waals surface area contributed by atoms with E-state index in [1.165, 1.54) is 28.7 Å². The van der Waals surface area contributed by atoms with Crippen LogP contribution in [0, 0.1) is 6.92 Å². The van der Waals surface area contributed by atoms with Crippen LogP contribution in [0.2, 0.25) is 5.02 Å². The number of imidazole rings is 2. The van der Waals surface area contributed by atoms with E-state index in [0.717, 1.165) is 6.33 Å². The molecule has 3 aromatic heterocycles. The maximum absolute atomic E-state index is 16.3. The third kappa shape index (κ3) is 5.49. The Morgan fingerprint density at radius 1 is 1.02 bits per heavy atom. The van der Waals surface area contributed by atoms with Crippen LogP contribution in [0.25, 0.3) is 22.2 Å². The molecule has 0 saturated carbocycles. The lowest BCUT2D eigenvalue weighted by molar-refractivity contribution is -0.111. The van der Waals surface area contributed by atoms with Gasteiger partial charge in [-0.25, -0.2) is 28.7 Å². The summed E-state index contributed by atoms with van der Waals surface area (Å²) >= 11 is 6.22. The number of rotatable bonds is 2. The number of benzene rings is 1. The SMILES string of the molecule is [B]P1(=O)OC[C@H]2O[C@@H](n3cnc4c(N)ncnc43)C(F)[C@H]2OP([B])(=O)OC[C@@]2(C)O[C@@H](n3cnc4cc(Cl)c(C)cc43)[C@@H](F)C2O1. The molecule has 0 aliphatic carbocycles. The molecule has 2 N–H and O–H groups in total. The van der Waals surface area contributed by atoms with Crippen molar-refractivity contribution >= 4 is 69.7 Å². The van der Waals surface area contributed by atoms with Crippen LogP contribution in [-0.4, -0.2) is 93.7 Å². The van der Waals surface area contributed by atoms with Crippen LogP contribution in [0.4, 0.5) is 14.6 Å². The number of hydrogen-bond acceptors (Lipinski definition) is 13. The lowest BCUT2D eigenvalue weighted by Crippen LogP contribution is -2.45. The fraction of sp³-hybridized carbons (Fsp3) is 0.500. The van der Waals surface area contributed by atoms with E-state index in [1.54, 1.807) is 19.1 Å². The van der Waals surface area contributed by atoms with E-state index < -0.39 is 76.9 Å². The lowest BCUT2D eigenvalue weighted by Gasteiger charge is -2.34. The van der Waals surface area contributed by atoms with Crippen LogP contribution in [-0.2, 0) is 36.7 Å². The number of aryl methyl sites for hydroxylation is 1. The molecule has 10 atom stereocenters. The maximum atomic E-state index is 16.3. The van der Waals surface area contributed by atoms with Gasteiger partial charge in [-0.15, -0.1) is 0 Å². The van der Waals surface area contributed by atoms with Crippen molar-refractivity contribution in [2.24, 2.45) is 0 Å². The van der Waals surface area contributed by atoms with E-state index in [1.807, 2.05) is 0 Å². The van der Waals surface area contributed by atoms with Crippen molar-refractivity contribution in [2.45, 2.75) is 62.6 Å². The topological polar surface area (TPSA) is 177 Å². The minimum atomic E-state index is -4.62. The molecule has 6 heterocycles. The summed E-state index contributed by atoms with van der Waals surface area (Å²) in [7, 11) is 2.59. The van der Waals surface area contributed by atoms with Crippen LogP contribution in [0.5, 0.6) is 0 Å². The van der Waals surface area contributed by atoms with Gasteiger partial charge in [-0.05, 0) is 31.5 Å². The van der Waals surface area contributed by atoms with Gasteiger partial charge < -0.3 is 37.9 Å². The van der Waals surface area contributed by atoms with Gasteiger partial charge in [0.05, 0.1) is 36.9 Å². The van der Waals surface area contributed by atoms with E-state index in [2.05, 4.69) is 19.9 Å². The number of hydrogen-bond donors (Lipinski definition) is 1. The first kappa shape index (κ1) is 32.1. The third-order valence-electron chi connectivity index (χ3n) is 8.09. The summed E-state index contributed by atoms with van der Waals surface area (Å²) < 4.78 is 95.5. The highest BCUT2D eigenvalue weighted by Gasteiger charge is 2.58. The van der Waals surface area contributed by atoms with Gasteiger partial charge in [0.15, 0.2) is 36.3 Å². The maximum Gasteiger partial charge on any atom is 0.264 e. The third-order valence-corrected chi connectivity index (χ3v) is 10.6. The molecule has 7 rings (SSSR count). The Morgan fingerprint density at radius 2 is 1.76 bits per heavy atom. The molecule has 3 fully saturated rings. The standard InChI is InChI=1S/C24H24B2ClF2N7O8P2/c1-10-3-13-12(4-11(10)27)33-8-35(13)23-16(29)19-24(2,42-23)6-40-46(26,38)43-18-14(5-39-45(25,37)44-19)41-22(15(18)28)36-9-34-17-20(30)31-7-32-21(17)36/h3-4,7-9,14-16,18-19,22-23H,5-6H2,1-2H3,(H2,30,31,32)/t14-,15?,16+,18+,19?,22-,23-,24-,45?,46?/m1/s1. The molecule has 46 heavy (non-hydrogen) atoms. The smallest absolute Gasteiger partial charge is 0.264 e. The van der Waals surface area contributed by atoms with E-state index >= 15 is 8.78 Å². The summed E-state index contributed by atoms with van der Waals surface area (Å²) in [6.45, 7) is 1.68. The Morgan fingerprint density at radius 3 is 2.54 bits per heavy atom. The first-order valence-electron chi connectivity index (χ1n) is 13.8. The molecule has 3 saturated heterocycles. The van der Waals surface area contributed by atoms with Gasteiger partial charge in [0.1, 0.15) is 35.8 Å². The van der Waals surface area contributed by atoms with Crippen LogP contribution in [0.1, 0.15) is 24.9 Å². The molecule has 4 radical (unpaired) electrons. The Hall–Kier alpha value is -2.46. The van der Waals surface area contributed by atoms with Gasteiger partial charge in [-0.2, -0.15) is 0 Å². The Labute approximate surface area is 267 Å². The Kier molecular flexibility index (Phi) is 7.90. The molecule has 3 aliphatic rings. The van der Waals surface area contributed by atoms with Crippen molar-refractivity contribution in [1.29, 1.82) is 0 Å². The predicted molar refractivity (Wildman–Crippen MR) is 160 cm³/mol. The van der Waals surface area contributed by atoms with Crippen molar-refractivity contribution in [3.05, 3.63) is 41.7 Å². The minimum absolute atomic E-state index is 0.0414. The van der Waals surface area contributed by atoms with Gasteiger partial charge in [0.25, 0.3) is 14.9 Å². The quantitative estimate of drug-likeness (QED) is 0.238. The van der Waals surface area contributed by atoms with Crippen molar-refractivity contribution in [1.82, 2.24) is 29.1 Å². The zero-order valence-electron chi connectivity index (χ0n) is 24.1. The minimum Gasteiger partial charge on any atom is -0.382 e. The number of nitrogen functional groups attached to an aromatic ring is 1. The van der Waals surface area contributed by atoms with Gasteiger partial charge in [-0.3, -0.25) is 13.7 Å². The highest BCUT2D eigenvalue weighted by molar-refractivity contribution is 7.79. The summed E-state index contributed by atoms with van der Waals surface area (Å²) in [5.74, 6) is 0.0414. The zero-order valence-corrected chi connectivity index (χ0v) is 26.6. The van der Waals surface area contributed by atoms with Crippen molar-refractivity contribution in [2.75, 3.05) is 18.9 Å². The van der Waals surface area contributed by atoms with E-state index in [9.17, 15) is 9.13 Å². The summed E-state index contributed by atoms with van der Waals surface area (Å²) in [6, 6.07) is 3.30. The number of nitrogens with zero attached hydrogens (tertiary/aromatic N) is 6. The number of alkyl halides is 2. The second kappa shape index (κ2) is 11.3. The molecule has 0 amide bonds. The number of ether oxygens (including phenoxy) is 2. The molecule has 3 aliphatic heterocycles. The number of nitrogens with two attached hydrogens (primary N) is 1. The molecule has 0 bridgehead atoms. The summed E-state index contributed by atoms with van der Waals surface area (Å²) in [6.07, 6.45) is -8.09. The first-order valence-corrected chi connectivity index (χ1v) is 17.4. The molecule has 240 valence electrons. The monoisotopic (exact) mass is 695 g/mol. The molecule has 0 spiro atoms. The van der Waals surface area contributed by atoms with E-state index in [0.29, 0.717) is 21.6 Å². The molecule has 22 heteroatoms. The largest absolute Gasteiger partial charge is 0.382 e. The number of aromatic nitrogens is 6. The highest BCUT2D eigenvalue weighted by atomic mass is 35.5. The van der Waals surface area contributed by atoms with Crippen LogP contribution >= 0.6 is 26.5 Å². The molecule has 4 aromatic rings. The highest BCUT2D eigenvalue weighted by Crippen LogP contribution is 2.56. The van der Waals surface area contributed by atoms with Crippen LogP contribution in [0.3, 0.4) is 0 Å². The fourth-order valence-electron chi connectivity index (χ4n) is 5.76. The summed E-state index contributed by atoms with van der Waals surface area (Å²) in [4.78, 5) is 16.3. The van der Waals surface area contributed by atoms with Crippen molar-refractivity contribution in [3.8, 4) is 0 Å². The van der Waals surface area contributed by atoms with Crippen LogP contribution < -0.4 is 5.73 Å². The van der Waals surface area contributed by atoms with Gasteiger partial charge >= 0.3 is 0 Å². The predicted octanol–water partition coefficient (Wildman–Crippen LogP) is 3.65.